The molecular weight excluding hydrogens is 344 g/mol. The lowest BCUT2D eigenvalue weighted by molar-refractivity contribution is 0.0299. The zero-order valence-corrected chi connectivity index (χ0v) is 15.4. The highest BCUT2D eigenvalue weighted by Gasteiger charge is 2.31. The first kappa shape index (κ1) is 16.7. The first-order valence-corrected chi connectivity index (χ1v) is 9.79. The van der Waals surface area contributed by atoms with Crippen LogP contribution in [0.4, 0.5) is 5.82 Å². The number of nitrogens with zero attached hydrogens (tertiary/aromatic N) is 5. The molecule has 2 aliphatic heterocycles. The number of carbonyl (C=O) groups excluding carboxylic acids is 1. The summed E-state index contributed by atoms with van der Waals surface area (Å²) in [6, 6.07) is 0. The minimum absolute atomic E-state index is 0.0621. The van der Waals surface area contributed by atoms with Crippen LogP contribution in [0.15, 0.2) is 12.4 Å². The summed E-state index contributed by atoms with van der Waals surface area (Å²) in [5, 5.41) is 7.80. The summed E-state index contributed by atoms with van der Waals surface area (Å²) in [4.78, 5) is 25.7. The van der Waals surface area contributed by atoms with Gasteiger partial charge in [-0.05, 0) is 24.8 Å². The molecule has 1 saturated heterocycles. The van der Waals surface area contributed by atoms with Gasteiger partial charge in [0.2, 0.25) is 0 Å². The van der Waals surface area contributed by atoms with E-state index in [1.165, 1.54) is 29.8 Å². The topological polar surface area (TPSA) is 87.2 Å². The summed E-state index contributed by atoms with van der Waals surface area (Å²) in [5.41, 5.74) is 4.34. The molecule has 0 radical (unpaired) electrons. The molecule has 2 aromatic heterocycles. The lowest BCUT2D eigenvalue weighted by atomic mass is 10.1. The van der Waals surface area contributed by atoms with E-state index >= 15 is 0 Å². The van der Waals surface area contributed by atoms with Gasteiger partial charge in [-0.15, -0.1) is 0 Å². The van der Waals surface area contributed by atoms with Gasteiger partial charge in [0.15, 0.2) is 0 Å². The van der Waals surface area contributed by atoms with Gasteiger partial charge in [-0.3, -0.25) is 14.9 Å². The highest BCUT2D eigenvalue weighted by molar-refractivity contribution is 5.92. The van der Waals surface area contributed by atoms with E-state index in [0.717, 1.165) is 31.7 Å². The molecule has 1 amide bonds. The van der Waals surface area contributed by atoms with Crippen molar-refractivity contribution in [3.05, 3.63) is 35.0 Å². The third kappa shape index (κ3) is 3.29. The summed E-state index contributed by atoms with van der Waals surface area (Å²) < 4.78 is 5.33. The number of rotatable bonds is 3. The molecule has 4 heterocycles. The third-order valence-corrected chi connectivity index (χ3v) is 5.68. The molecule has 0 unspecified atom stereocenters. The Morgan fingerprint density at radius 3 is 2.74 bits per heavy atom. The van der Waals surface area contributed by atoms with Gasteiger partial charge in [0.25, 0.3) is 5.91 Å². The Labute approximate surface area is 157 Å². The average molecular weight is 368 g/mol. The molecule has 3 aliphatic rings. The Bertz CT molecular complexity index is 840. The lowest BCUT2D eigenvalue weighted by Crippen LogP contribution is -2.41. The maximum Gasteiger partial charge on any atom is 0.274 e. The van der Waals surface area contributed by atoms with Crippen LogP contribution in [0.2, 0.25) is 0 Å². The molecular formula is C19H24N6O2. The van der Waals surface area contributed by atoms with E-state index in [4.69, 9.17) is 4.74 Å². The van der Waals surface area contributed by atoms with E-state index in [9.17, 15) is 4.79 Å². The van der Waals surface area contributed by atoms with Crippen molar-refractivity contribution in [2.45, 2.75) is 31.6 Å². The molecule has 0 spiro atoms. The molecule has 1 saturated carbocycles. The molecule has 1 N–H and O–H groups in total. The SMILES string of the molecule is O=C(c1cncc(N2CCc3[nH]nc(C4CC4)c3CC2)n1)N1CCOCC1. The van der Waals surface area contributed by atoms with Gasteiger partial charge in [-0.25, -0.2) is 4.98 Å². The summed E-state index contributed by atoms with van der Waals surface area (Å²) in [6.07, 6.45) is 7.72. The molecule has 2 aromatic rings. The quantitative estimate of drug-likeness (QED) is 0.875. The van der Waals surface area contributed by atoms with Crippen molar-refractivity contribution in [1.82, 2.24) is 25.1 Å². The molecule has 142 valence electrons. The highest BCUT2D eigenvalue weighted by atomic mass is 16.5. The zero-order chi connectivity index (χ0) is 18.2. The number of hydrogen-bond acceptors (Lipinski definition) is 6. The molecule has 2 fully saturated rings. The van der Waals surface area contributed by atoms with Crippen molar-refractivity contribution < 1.29 is 9.53 Å². The van der Waals surface area contributed by atoms with Gasteiger partial charge in [0.05, 0.1) is 31.3 Å². The third-order valence-electron chi connectivity index (χ3n) is 5.68. The lowest BCUT2D eigenvalue weighted by Gasteiger charge is -2.27. The van der Waals surface area contributed by atoms with Crippen LogP contribution in [-0.2, 0) is 17.6 Å². The second kappa shape index (κ2) is 6.92. The van der Waals surface area contributed by atoms with Crippen molar-refractivity contribution in [1.29, 1.82) is 0 Å². The van der Waals surface area contributed by atoms with Gasteiger partial charge in [0.1, 0.15) is 11.5 Å². The normalized spacial score (nSPS) is 20.3. The van der Waals surface area contributed by atoms with E-state index in [1.807, 2.05) is 0 Å². The van der Waals surface area contributed by atoms with Crippen LogP contribution in [0, 0.1) is 0 Å². The molecule has 5 rings (SSSR count). The summed E-state index contributed by atoms with van der Waals surface area (Å²) in [7, 11) is 0. The first-order valence-electron chi connectivity index (χ1n) is 9.79. The molecule has 0 bridgehead atoms. The van der Waals surface area contributed by atoms with Crippen LogP contribution >= 0.6 is 0 Å². The van der Waals surface area contributed by atoms with E-state index in [-0.39, 0.29) is 5.91 Å². The van der Waals surface area contributed by atoms with Crippen molar-refractivity contribution in [2.24, 2.45) is 0 Å². The number of fused-ring (bicyclic) bond motifs is 1. The standard InChI is InChI=1S/C19H24N6O2/c26-19(25-7-9-27-10-8-25)16-11-20-12-17(21-16)24-5-3-14-15(4-6-24)22-23-18(14)13-1-2-13/h11-13H,1-10H2,(H,22,23). The molecule has 1 aliphatic carbocycles. The largest absolute Gasteiger partial charge is 0.378 e. The fourth-order valence-electron chi connectivity index (χ4n) is 3.97. The number of ether oxygens (including phenoxy) is 1. The summed E-state index contributed by atoms with van der Waals surface area (Å²) in [5.74, 6) is 1.37. The van der Waals surface area contributed by atoms with Gasteiger partial charge in [-0.2, -0.15) is 5.10 Å². The van der Waals surface area contributed by atoms with Crippen LogP contribution in [0.25, 0.3) is 0 Å². The average Bonchev–Trinajstić information content (AvgIpc) is 3.53. The second-order valence-electron chi connectivity index (χ2n) is 7.49. The number of anilines is 1. The van der Waals surface area contributed by atoms with Gasteiger partial charge >= 0.3 is 0 Å². The fourth-order valence-corrected chi connectivity index (χ4v) is 3.97. The van der Waals surface area contributed by atoms with Gasteiger partial charge < -0.3 is 14.5 Å². The maximum atomic E-state index is 12.7. The first-order chi connectivity index (χ1) is 13.3. The van der Waals surface area contributed by atoms with Crippen LogP contribution < -0.4 is 4.90 Å². The minimum atomic E-state index is -0.0621. The number of hydrogen-bond donors (Lipinski definition) is 1. The molecule has 0 atom stereocenters. The van der Waals surface area contributed by atoms with E-state index in [2.05, 4.69) is 25.1 Å². The number of amides is 1. The van der Waals surface area contributed by atoms with E-state index < -0.39 is 0 Å². The molecule has 8 heteroatoms. The Kier molecular flexibility index (Phi) is 4.27. The monoisotopic (exact) mass is 368 g/mol. The van der Waals surface area contributed by atoms with Crippen molar-refractivity contribution in [2.75, 3.05) is 44.3 Å². The number of aromatic amines is 1. The minimum Gasteiger partial charge on any atom is -0.378 e. The van der Waals surface area contributed by atoms with Crippen LogP contribution in [0.3, 0.4) is 0 Å². The van der Waals surface area contributed by atoms with E-state index in [0.29, 0.717) is 37.9 Å². The Balaban J connectivity index is 1.32. The van der Waals surface area contributed by atoms with Crippen molar-refractivity contribution >= 4 is 11.7 Å². The van der Waals surface area contributed by atoms with Crippen molar-refractivity contribution in [3.8, 4) is 0 Å². The summed E-state index contributed by atoms with van der Waals surface area (Å²) in [6.45, 7) is 4.11. The molecule has 0 aromatic carbocycles. The van der Waals surface area contributed by atoms with E-state index in [1.54, 1.807) is 17.3 Å². The van der Waals surface area contributed by atoms with Gasteiger partial charge in [0, 0.05) is 44.2 Å². The van der Waals surface area contributed by atoms with Crippen LogP contribution in [0.1, 0.15) is 46.2 Å². The number of H-pyrrole nitrogens is 1. The number of carbonyl (C=O) groups is 1. The summed E-state index contributed by atoms with van der Waals surface area (Å²) >= 11 is 0. The van der Waals surface area contributed by atoms with Gasteiger partial charge in [-0.1, -0.05) is 0 Å². The zero-order valence-electron chi connectivity index (χ0n) is 15.4. The number of morpholine rings is 1. The highest BCUT2D eigenvalue weighted by Crippen LogP contribution is 2.41. The van der Waals surface area contributed by atoms with Crippen LogP contribution in [-0.4, -0.2) is 70.4 Å². The predicted octanol–water partition coefficient (Wildman–Crippen LogP) is 1.15. The number of aromatic nitrogens is 4. The smallest absolute Gasteiger partial charge is 0.274 e. The number of nitrogens with one attached hydrogen (secondary N) is 1. The Hall–Kier alpha value is -2.48. The maximum absolute atomic E-state index is 12.7. The molecule has 8 nitrogen and oxygen atoms in total. The van der Waals surface area contributed by atoms with Crippen LogP contribution in [0.5, 0.6) is 0 Å². The predicted molar refractivity (Wildman–Crippen MR) is 98.9 cm³/mol. The Morgan fingerprint density at radius 1 is 1.11 bits per heavy atom. The second-order valence-corrected chi connectivity index (χ2v) is 7.49. The fraction of sp³-hybridized carbons (Fsp3) is 0.579. The Morgan fingerprint density at radius 2 is 1.93 bits per heavy atom. The van der Waals surface area contributed by atoms with Crippen molar-refractivity contribution in [3.63, 3.8) is 0 Å². The molecule has 27 heavy (non-hydrogen) atoms.